The first-order valence-corrected chi connectivity index (χ1v) is 3.18. The van der Waals surface area contributed by atoms with Crippen molar-refractivity contribution in [2.75, 3.05) is 0 Å². The van der Waals surface area contributed by atoms with Crippen LogP contribution in [0.25, 0.3) is 0 Å². The molecule has 1 atom stereocenters. The molecule has 0 aliphatic carbocycles. The van der Waals surface area contributed by atoms with E-state index < -0.39 is 5.50 Å². The summed E-state index contributed by atoms with van der Waals surface area (Å²) in [5.74, 6) is 0.0944. The molecule has 1 unspecified atom stereocenters. The Hall–Kier alpha value is -0.340. The maximum atomic E-state index is 8.78. The van der Waals surface area contributed by atoms with Crippen molar-refractivity contribution in [2.45, 2.75) is 5.50 Å². The number of alkyl halides is 1. The first kappa shape index (κ1) is 6.78. The van der Waals surface area contributed by atoms with Gasteiger partial charge in [-0.25, -0.2) is 0 Å². The Morgan fingerprint density at radius 2 is 2.33 bits per heavy atom. The van der Waals surface area contributed by atoms with Crippen molar-refractivity contribution in [2.24, 2.45) is 0 Å². The number of hydrogen-bond donors (Lipinski definition) is 2. The Morgan fingerprint density at radius 3 is 2.78 bits per heavy atom. The van der Waals surface area contributed by atoms with E-state index in [0.717, 1.165) is 0 Å². The molecule has 0 aromatic rings. The van der Waals surface area contributed by atoms with E-state index >= 15 is 0 Å². The van der Waals surface area contributed by atoms with E-state index in [1.54, 1.807) is 0 Å². The maximum Gasteiger partial charge on any atom is 0.137 e. The van der Waals surface area contributed by atoms with Crippen LogP contribution in [0.4, 0.5) is 0 Å². The Kier molecular flexibility index (Phi) is 1.88. The second-order valence-electron chi connectivity index (χ2n) is 1.63. The predicted octanol–water partition coefficient (Wildman–Crippen LogP) is 1.68. The van der Waals surface area contributed by atoms with Crippen molar-refractivity contribution in [1.29, 1.82) is 0 Å². The number of rotatable bonds is 0. The summed E-state index contributed by atoms with van der Waals surface area (Å²) in [5.41, 5.74) is -0.400. The fourth-order valence-corrected chi connectivity index (χ4v) is 0.795. The van der Waals surface area contributed by atoms with Gasteiger partial charge in [0.1, 0.15) is 11.3 Å². The highest BCUT2D eigenvalue weighted by atomic mass is 35.5. The molecule has 9 heavy (non-hydrogen) atoms. The van der Waals surface area contributed by atoms with Crippen molar-refractivity contribution < 1.29 is 5.11 Å². The Labute approximate surface area is 62.8 Å². The average Bonchev–Trinajstić information content (AvgIpc) is 1.80. The molecule has 2 N–H and O–H groups in total. The van der Waals surface area contributed by atoms with Crippen LogP contribution in [0.3, 0.4) is 0 Å². The van der Waals surface area contributed by atoms with E-state index in [1.807, 2.05) is 0 Å². The van der Waals surface area contributed by atoms with E-state index in [9.17, 15) is 0 Å². The number of dihydropyridines is 1. The van der Waals surface area contributed by atoms with E-state index in [-0.39, 0.29) is 5.76 Å². The molecule has 50 valence electrons. The molecule has 4 heteroatoms. The zero-order valence-corrected chi connectivity index (χ0v) is 5.95. The van der Waals surface area contributed by atoms with Crippen LogP contribution in [0.1, 0.15) is 0 Å². The fourth-order valence-electron chi connectivity index (χ4n) is 0.494. The van der Waals surface area contributed by atoms with Gasteiger partial charge >= 0.3 is 0 Å². The second-order valence-corrected chi connectivity index (χ2v) is 2.50. The number of allylic oxidation sites excluding steroid dienone is 1. The van der Waals surface area contributed by atoms with Gasteiger partial charge in [-0.05, 0) is 6.08 Å². The van der Waals surface area contributed by atoms with Crippen LogP contribution in [0.15, 0.2) is 23.1 Å². The highest BCUT2D eigenvalue weighted by Gasteiger charge is 2.10. The number of hydrogen-bond acceptors (Lipinski definition) is 2. The maximum absolute atomic E-state index is 8.78. The molecule has 0 saturated heterocycles. The lowest BCUT2D eigenvalue weighted by atomic mass is 10.3. The molecule has 1 rings (SSSR count). The van der Waals surface area contributed by atoms with Crippen molar-refractivity contribution in [3.05, 3.63) is 23.1 Å². The number of aliphatic hydroxyl groups is 1. The summed E-state index contributed by atoms with van der Waals surface area (Å²) >= 11 is 11.1. The lowest BCUT2D eigenvalue weighted by Crippen LogP contribution is -2.21. The molecule has 1 aliphatic rings. The second kappa shape index (κ2) is 2.50. The highest BCUT2D eigenvalue weighted by Crippen LogP contribution is 2.16. The van der Waals surface area contributed by atoms with Gasteiger partial charge < -0.3 is 10.4 Å². The van der Waals surface area contributed by atoms with Crippen LogP contribution in [-0.4, -0.2) is 10.6 Å². The van der Waals surface area contributed by atoms with Gasteiger partial charge in [0.2, 0.25) is 0 Å². The molecule has 0 aromatic heterocycles. The molecule has 0 saturated carbocycles. The van der Waals surface area contributed by atoms with Crippen LogP contribution in [0.2, 0.25) is 0 Å². The summed E-state index contributed by atoms with van der Waals surface area (Å²) in [5, 5.41) is 11.8. The summed E-state index contributed by atoms with van der Waals surface area (Å²) in [6.45, 7) is 0. The average molecular weight is 166 g/mol. The van der Waals surface area contributed by atoms with Gasteiger partial charge in [0.25, 0.3) is 0 Å². The SMILES string of the molecule is OC1=CNC(Cl)C(Cl)=C1. The largest absolute Gasteiger partial charge is 0.506 e. The molecule has 2 nitrogen and oxygen atoms in total. The quantitative estimate of drug-likeness (QED) is 0.423. The number of halogens is 2. The van der Waals surface area contributed by atoms with Crippen molar-refractivity contribution in [1.82, 2.24) is 5.32 Å². The lowest BCUT2D eigenvalue weighted by Gasteiger charge is -2.12. The Morgan fingerprint density at radius 1 is 1.67 bits per heavy atom. The first-order valence-electron chi connectivity index (χ1n) is 2.36. The van der Waals surface area contributed by atoms with E-state index in [2.05, 4.69) is 5.32 Å². The van der Waals surface area contributed by atoms with Gasteiger partial charge in [0.05, 0.1) is 5.03 Å². The van der Waals surface area contributed by atoms with Crippen molar-refractivity contribution >= 4 is 23.2 Å². The van der Waals surface area contributed by atoms with Crippen molar-refractivity contribution in [3.63, 3.8) is 0 Å². The molecule has 0 amide bonds. The minimum absolute atomic E-state index is 0.0944. The van der Waals surface area contributed by atoms with Crippen LogP contribution >= 0.6 is 23.2 Å². The van der Waals surface area contributed by atoms with E-state index in [4.69, 9.17) is 28.3 Å². The number of nitrogens with one attached hydrogen (secondary N) is 1. The van der Waals surface area contributed by atoms with E-state index in [1.165, 1.54) is 12.3 Å². The third-order valence-corrected chi connectivity index (χ3v) is 1.71. The molecule has 0 spiro atoms. The third-order valence-electron chi connectivity index (χ3n) is 0.905. The zero-order valence-electron chi connectivity index (χ0n) is 4.44. The molecule has 0 radical (unpaired) electrons. The van der Waals surface area contributed by atoms with Crippen molar-refractivity contribution in [3.8, 4) is 0 Å². The summed E-state index contributed by atoms with van der Waals surface area (Å²) < 4.78 is 0. The number of aliphatic hydroxyl groups excluding tert-OH is 1. The van der Waals surface area contributed by atoms with Gasteiger partial charge in [0, 0.05) is 6.20 Å². The molecule has 1 heterocycles. The third kappa shape index (κ3) is 1.53. The standard InChI is InChI=1S/C5H5Cl2NO/c6-4-1-3(9)2-8-5(4)7/h1-2,5,8-9H. The highest BCUT2D eigenvalue weighted by molar-refractivity contribution is 6.37. The summed E-state index contributed by atoms with van der Waals surface area (Å²) in [7, 11) is 0. The smallest absolute Gasteiger partial charge is 0.137 e. The minimum atomic E-state index is -0.400. The Balaban J connectivity index is 2.74. The molecule has 0 fully saturated rings. The fraction of sp³-hybridized carbons (Fsp3) is 0.200. The van der Waals surface area contributed by atoms with Gasteiger partial charge in [-0.3, -0.25) is 0 Å². The molecular weight excluding hydrogens is 161 g/mol. The van der Waals surface area contributed by atoms with Gasteiger partial charge in [-0.2, -0.15) is 0 Å². The topological polar surface area (TPSA) is 32.3 Å². The van der Waals surface area contributed by atoms with E-state index in [0.29, 0.717) is 5.03 Å². The molecular formula is C5H5Cl2NO. The van der Waals surface area contributed by atoms with Crippen LogP contribution in [0, 0.1) is 0 Å². The zero-order chi connectivity index (χ0) is 6.85. The first-order chi connectivity index (χ1) is 4.20. The van der Waals surface area contributed by atoms with Gasteiger partial charge in [-0.15, -0.1) is 0 Å². The predicted molar refractivity (Wildman–Crippen MR) is 37.4 cm³/mol. The minimum Gasteiger partial charge on any atom is -0.506 e. The molecule has 0 aromatic carbocycles. The normalized spacial score (nSPS) is 26.2. The summed E-state index contributed by atoms with van der Waals surface area (Å²) in [6, 6.07) is 0. The molecule has 1 aliphatic heterocycles. The summed E-state index contributed by atoms with van der Waals surface area (Å²) in [6.07, 6.45) is 2.79. The molecule has 0 bridgehead atoms. The van der Waals surface area contributed by atoms with Crippen LogP contribution in [0.5, 0.6) is 0 Å². The Bertz CT molecular complexity index is 176. The van der Waals surface area contributed by atoms with Crippen LogP contribution < -0.4 is 5.32 Å². The van der Waals surface area contributed by atoms with Crippen LogP contribution in [-0.2, 0) is 0 Å². The van der Waals surface area contributed by atoms with Gasteiger partial charge in [0.15, 0.2) is 0 Å². The summed E-state index contributed by atoms with van der Waals surface area (Å²) in [4.78, 5) is 0. The monoisotopic (exact) mass is 165 g/mol. The lowest BCUT2D eigenvalue weighted by molar-refractivity contribution is 0.423. The van der Waals surface area contributed by atoms with Gasteiger partial charge in [-0.1, -0.05) is 23.2 Å².